The van der Waals surface area contributed by atoms with Crippen LogP contribution in [-0.2, 0) is 20.7 Å². The Labute approximate surface area is 184 Å². The van der Waals surface area contributed by atoms with Crippen molar-refractivity contribution in [2.75, 3.05) is 0 Å². The molecule has 0 amide bonds. The first-order chi connectivity index (χ1) is 15.3. The maximum absolute atomic E-state index is 13.5. The molecule has 9 nitrogen and oxygen atoms in total. The highest BCUT2D eigenvalue weighted by Gasteiger charge is 2.34. The predicted molar refractivity (Wildman–Crippen MR) is 117 cm³/mol. The molecule has 2 atom stereocenters. The highest BCUT2D eigenvalue weighted by Crippen LogP contribution is 2.45. The smallest absolute Gasteiger partial charge is 0.460 e. The van der Waals surface area contributed by atoms with Crippen LogP contribution in [0.15, 0.2) is 84.9 Å². The van der Waals surface area contributed by atoms with Crippen LogP contribution in [0.25, 0.3) is 0 Å². The number of rotatable bonds is 10. The van der Waals surface area contributed by atoms with Crippen LogP contribution in [0.1, 0.15) is 12.5 Å². The summed E-state index contributed by atoms with van der Waals surface area (Å²) in [4.78, 5) is 22.7. The second-order valence-electron chi connectivity index (χ2n) is 6.69. The van der Waals surface area contributed by atoms with Gasteiger partial charge in [0.05, 0.1) is 4.92 Å². The number of para-hydroxylation sites is 1. The minimum absolute atomic E-state index is 0.0543. The number of nitro groups is 1. The molecule has 0 heterocycles. The Hall–Kier alpha value is -3.68. The minimum Gasteiger partial charge on any atom is -0.460 e. The van der Waals surface area contributed by atoms with Crippen molar-refractivity contribution in [2.45, 2.75) is 19.6 Å². The molecule has 0 spiro atoms. The fourth-order valence-electron chi connectivity index (χ4n) is 2.60. The quantitative estimate of drug-likeness (QED) is 0.199. The van der Waals surface area contributed by atoms with Crippen molar-refractivity contribution in [1.29, 1.82) is 0 Å². The predicted octanol–water partition coefficient (Wildman–Crippen LogP) is 4.88. The van der Waals surface area contributed by atoms with Crippen molar-refractivity contribution in [3.63, 3.8) is 0 Å². The first kappa shape index (κ1) is 23.0. The number of benzene rings is 3. The number of non-ortho nitro benzene ring substituents is 1. The van der Waals surface area contributed by atoms with E-state index in [9.17, 15) is 19.5 Å². The lowest BCUT2D eigenvalue weighted by molar-refractivity contribution is -0.384. The number of nitrogens with one attached hydrogen (secondary N) is 1. The second kappa shape index (κ2) is 10.6. The molecule has 0 radical (unpaired) electrons. The highest BCUT2D eigenvalue weighted by molar-refractivity contribution is 7.52. The SMILES string of the molecule is C[C@H](N[P@](=O)(Oc1ccccc1)Oc1ccc([N+](=O)[O-])cc1)C(=O)OCc1ccccc1. The summed E-state index contributed by atoms with van der Waals surface area (Å²) in [6.45, 7) is 1.52. The van der Waals surface area contributed by atoms with Gasteiger partial charge in [0, 0.05) is 12.1 Å². The van der Waals surface area contributed by atoms with E-state index < -0.39 is 24.7 Å². The van der Waals surface area contributed by atoms with Crippen LogP contribution in [0.4, 0.5) is 5.69 Å². The molecular formula is C22H21N2O7P. The van der Waals surface area contributed by atoms with Crippen LogP contribution >= 0.6 is 7.75 Å². The number of ether oxygens (including phenoxy) is 1. The summed E-state index contributed by atoms with van der Waals surface area (Å²) in [6, 6.07) is 21.4. The van der Waals surface area contributed by atoms with Gasteiger partial charge in [-0.3, -0.25) is 14.9 Å². The molecule has 0 bridgehead atoms. The Balaban J connectivity index is 1.73. The molecule has 0 aliphatic heterocycles. The van der Waals surface area contributed by atoms with Crippen LogP contribution in [0.3, 0.4) is 0 Å². The lowest BCUT2D eigenvalue weighted by Gasteiger charge is -2.23. The molecule has 32 heavy (non-hydrogen) atoms. The third kappa shape index (κ3) is 6.66. The van der Waals surface area contributed by atoms with Gasteiger partial charge in [-0.15, -0.1) is 0 Å². The lowest BCUT2D eigenvalue weighted by atomic mass is 10.2. The summed E-state index contributed by atoms with van der Waals surface area (Å²) < 4.78 is 29.8. The number of carbonyl (C=O) groups excluding carboxylic acids is 1. The van der Waals surface area contributed by atoms with Gasteiger partial charge < -0.3 is 13.8 Å². The van der Waals surface area contributed by atoms with E-state index in [2.05, 4.69) is 5.09 Å². The van der Waals surface area contributed by atoms with Crippen LogP contribution < -0.4 is 14.1 Å². The Bertz CT molecular complexity index is 1090. The molecule has 166 valence electrons. The van der Waals surface area contributed by atoms with Gasteiger partial charge in [-0.1, -0.05) is 48.5 Å². The lowest BCUT2D eigenvalue weighted by Crippen LogP contribution is -2.35. The molecule has 0 saturated carbocycles. The maximum atomic E-state index is 13.5. The molecular weight excluding hydrogens is 435 g/mol. The van der Waals surface area contributed by atoms with Crippen LogP contribution in [-0.4, -0.2) is 16.9 Å². The molecule has 3 rings (SSSR count). The molecule has 0 aromatic heterocycles. The zero-order valence-electron chi connectivity index (χ0n) is 17.1. The third-order valence-electron chi connectivity index (χ3n) is 4.17. The van der Waals surface area contributed by atoms with E-state index in [1.165, 1.54) is 31.2 Å². The van der Waals surface area contributed by atoms with E-state index in [-0.39, 0.29) is 23.8 Å². The number of nitro benzene ring substituents is 1. The van der Waals surface area contributed by atoms with Gasteiger partial charge in [0.2, 0.25) is 0 Å². The Morgan fingerprint density at radius 1 is 0.938 bits per heavy atom. The van der Waals surface area contributed by atoms with Crippen molar-refractivity contribution in [2.24, 2.45) is 0 Å². The number of hydrogen-bond acceptors (Lipinski definition) is 7. The second-order valence-corrected chi connectivity index (χ2v) is 8.31. The van der Waals surface area contributed by atoms with Crippen molar-refractivity contribution >= 4 is 19.4 Å². The number of esters is 1. The molecule has 0 saturated heterocycles. The largest absolute Gasteiger partial charge is 0.513 e. The van der Waals surface area contributed by atoms with Gasteiger partial charge in [0.25, 0.3) is 5.69 Å². The molecule has 0 aliphatic carbocycles. The van der Waals surface area contributed by atoms with Gasteiger partial charge in [-0.25, -0.2) is 4.57 Å². The van der Waals surface area contributed by atoms with Gasteiger partial charge in [-0.2, -0.15) is 5.09 Å². The first-order valence-corrected chi connectivity index (χ1v) is 11.2. The zero-order chi connectivity index (χ0) is 23.0. The normalized spacial score (nSPS) is 13.4. The summed E-state index contributed by atoms with van der Waals surface area (Å²) >= 11 is 0. The van der Waals surface area contributed by atoms with Gasteiger partial charge in [0.15, 0.2) is 0 Å². The van der Waals surface area contributed by atoms with E-state index in [4.69, 9.17) is 13.8 Å². The summed E-state index contributed by atoms with van der Waals surface area (Å²) in [7, 11) is -4.13. The molecule has 0 aliphatic rings. The van der Waals surface area contributed by atoms with Crippen molar-refractivity contribution in [3.05, 3.63) is 101 Å². The summed E-state index contributed by atoms with van der Waals surface area (Å²) in [5.41, 5.74) is 0.654. The summed E-state index contributed by atoms with van der Waals surface area (Å²) in [6.07, 6.45) is 0. The fraction of sp³-hybridized carbons (Fsp3) is 0.136. The van der Waals surface area contributed by atoms with Crippen LogP contribution in [0, 0.1) is 10.1 Å². The Morgan fingerprint density at radius 2 is 1.47 bits per heavy atom. The average Bonchev–Trinajstić information content (AvgIpc) is 2.79. The van der Waals surface area contributed by atoms with E-state index in [0.717, 1.165) is 5.56 Å². The summed E-state index contributed by atoms with van der Waals surface area (Å²) in [5.74, 6) is -0.347. The highest BCUT2D eigenvalue weighted by atomic mass is 31.2. The molecule has 0 unspecified atom stereocenters. The average molecular weight is 456 g/mol. The van der Waals surface area contributed by atoms with Gasteiger partial charge in [-0.05, 0) is 36.8 Å². The minimum atomic E-state index is -4.13. The third-order valence-corrected chi connectivity index (χ3v) is 5.78. The van der Waals surface area contributed by atoms with Gasteiger partial charge >= 0.3 is 13.7 Å². The van der Waals surface area contributed by atoms with Gasteiger partial charge in [0.1, 0.15) is 24.1 Å². The fourth-order valence-corrected chi connectivity index (χ4v) is 4.12. The first-order valence-electron chi connectivity index (χ1n) is 9.62. The number of hydrogen-bond donors (Lipinski definition) is 1. The monoisotopic (exact) mass is 456 g/mol. The van der Waals surface area contributed by atoms with E-state index >= 15 is 0 Å². The van der Waals surface area contributed by atoms with Crippen LogP contribution in [0.2, 0.25) is 0 Å². The maximum Gasteiger partial charge on any atom is 0.513 e. The molecule has 0 fully saturated rings. The molecule has 3 aromatic carbocycles. The van der Waals surface area contributed by atoms with E-state index in [1.807, 2.05) is 30.3 Å². The summed E-state index contributed by atoms with van der Waals surface area (Å²) in [5, 5.41) is 13.4. The van der Waals surface area contributed by atoms with Crippen molar-refractivity contribution in [1.82, 2.24) is 5.09 Å². The molecule has 10 heteroatoms. The molecule has 1 N–H and O–H groups in total. The Kier molecular flexibility index (Phi) is 7.59. The number of nitrogens with zero attached hydrogens (tertiary/aromatic N) is 1. The number of carbonyl (C=O) groups is 1. The topological polar surface area (TPSA) is 117 Å². The molecule has 3 aromatic rings. The van der Waals surface area contributed by atoms with Crippen molar-refractivity contribution < 1.29 is 28.1 Å². The van der Waals surface area contributed by atoms with E-state index in [0.29, 0.717) is 0 Å². The Morgan fingerprint density at radius 3 is 2.03 bits per heavy atom. The van der Waals surface area contributed by atoms with E-state index in [1.54, 1.807) is 30.3 Å². The van der Waals surface area contributed by atoms with Crippen molar-refractivity contribution in [3.8, 4) is 11.5 Å². The zero-order valence-corrected chi connectivity index (χ0v) is 18.0. The standard InChI is InChI=1S/C22H21N2O7P/c1-17(22(25)29-16-18-8-4-2-5-9-18)23-32(28,30-20-10-6-3-7-11-20)31-21-14-12-19(13-15-21)24(26)27/h2-15,17H,16H2,1H3,(H,23,28)/t17-,32-/m0/s1. The van der Waals surface area contributed by atoms with Crippen LogP contribution in [0.5, 0.6) is 11.5 Å².